The third-order valence-corrected chi connectivity index (χ3v) is 4.02. The Morgan fingerprint density at radius 1 is 1.37 bits per heavy atom. The Labute approximate surface area is 114 Å². The zero-order valence-corrected chi connectivity index (χ0v) is 11.9. The number of carbonyl (C=O) groups is 2. The molecule has 0 aliphatic heterocycles. The number of carbonyl (C=O) groups excluding carboxylic acids is 1. The van der Waals surface area contributed by atoms with Crippen molar-refractivity contribution in [2.45, 2.75) is 57.9 Å². The average molecular weight is 271 g/mol. The number of esters is 1. The van der Waals surface area contributed by atoms with E-state index in [1.54, 1.807) is 6.92 Å². The first-order valence-corrected chi connectivity index (χ1v) is 7.20. The van der Waals surface area contributed by atoms with E-state index in [0.29, 0.717) is 19.6 Å². The Bertz CT molecular complexity index is 319. The van der Waals surface area contributed by atoms with Gasteiger partial charge in [0.15, 0.2) is 0 Å². The molecule has 2 atom stereocenters. The number of hydrogen-bond acceptors (Lipinski definition) is 4. The van der Waals surface area contributed by atoms with Crippen molar-refractivity contribution >= 4 is 11.9 Å². The van der Waals surface area contributed by atoms with Gasteiger partial charge < -0.3 is 15.2 Å². The lowest BCUT2D eigenvalue weighted by Gasteiger charge is -2.41. The van der Waals surface area contributed by atoms with Crippen molar-refractivity contribution in [2.24, 2.45) is 5.92 Å². The Balaban J connectivity index is 2.61. The molecule has 1 saturated carbocycles. The normalized spacial score (nSPS) is 26.9. The minimum Gasteiger partial charge on any atom is -0.480 e. The van der Waals surface area contributed by atoms with Crippen LogP contribution < -0.4 is 5.32 Å². The van der Waals surface area contributed by atoms with Crippen molar-refractivity contribution < 1.29 is 19.4 Å². The molecule has 0 aromatic rings. The van der Waals surface area contributed by atoms with Crippen LogP contribution in [-0.4, -0.2) is 35.7 Å². The molecule has 110 valence electrons. The molecule has 1 aliphatic carbocycles. The van der Waals surface area contributed by atoms with Crippen molar-refractivity contribution in [3.63, 3.8) is 0 Å². The van der Waals surface area contributed by atoms with E-state index in [2.05, 4.69) is 5.32 Å². The lowest BCUT2D eigenvalue weighted by molar-refractivity contribution is -0.150. The number of carboxylic acids is 1. The van der Waals surface area contributed by atoms with E-state index in [9.17, 15) is 14.7 Å². The number of aliphatic carboxylic acids is 1. The van der Waals surface area contributed by atoms with Crippen LogP contribution in [0.4, 0.5) is 0 Å². The second-order valence-electron chi connectivity index (χ2n) is 5.11. The predicted octanol–water partition coefficient (Wildman–Crippen LogP) is 1.95. The Hall–Kier alpha value is -1.10. The first-order valence-electron chi connectivity index (χ1n) is 7.20. The van der Waals surface area contributed by atoms with Crippen LogP contribution in [-0.2, 0) is 14.3 Å². The molecule has 1 fully saturated rings. The SMILES string of the molecule is CCOC(=O)CCNC1(C(=O)O)CCCCC1CC. The summed E-state index contributed by atoms with van der Waals surface area (Å²) in [5.41, 5.74) is -0.862. The molecule has 5 heteroatoms. The van der Waals surface area contributed by atoms with E-state index in [1.807, 2.05) is 6.92 Å². The first-order chi connectivity index (χ1) is 9.06. The van der Waals surface area contributed by atoms with Gasteiger partial charge in [0.2, 0.25) is 0 Å². The molecule has 0 amide bonds. The number of hydrogen-bond donors (Lipinski definition) is 2. The number of nitrogens with one attached hydrogen (secondary N) is 1. The maximum atomic E-state index is 11.7. The summed E-state index contributed by atoms with van der Waals surface area (Å²) in [5, 5.41) is 12.7. The molecule has 0 aromatic carbocycles. The third-order valence-electron chi connectivity index (χ3n) is 4.02. The molecule has 0 spiro atoms. The molecule has 1 rings (SSSR count). The van der Waals surface area contributed by atoms with Crippen LogP contribution in [0.15, 0.2) is 0 Å². The fourth-order valence-electron chi connectivity index (χ4n) is 3.01. The smallest absolute Gasteiger partial charge is 0.324 e. The van der Waals surface area contributed by atoms with Gasteiger partial charge in [-0.2, -0.15) is 0 Å². The zero-order valence-electron chi connectivity index (χ0n) is 11.9. The van der Waals surface area contributed by atoms with E-state index in [0.717, 1.165) is 25.7 Å². The van der Waals surface area contributed by atoms with Crippen LogP contribution >= 0.6 is 0 Å². The maximum absolute atomic E-state index is 11.7. The van der Waals surface area contributed by atoms with Crippen LogP contribution in [0.1, 0.15) is 52.4 Å². The quantitative estimate of drug-likeness (QED) is 0.692. The van der Waals surface area contributed by atoms with Gasteiger partial charge in [-0.3, -0.25) is 9.59 Å². The monoisotopic (exact) mass is 271 g/mol. The molecule has 1 aliphatic rings. The summed E-state index contributed by atoms with van der Waals surface area (Å²) in [6.07, 6.45) is 4.67. The summed E-state index contributed by atoms with van der Waals surface area (Å²) < 4.78 is 4.85. The Morgan fingerprint density at radius 3 is 2.68 bits per heavy atom. The van der Waals surface area contributed by atoms with Gasteiger partial charge in [-0.25, -0.2) is 0 Å². The summed E-state index contributed by atoms with van der Waals surface area (Å²) in [6.45, 7) is 4.52. The van der Waals surface area contributed by atoms with E-state index in [4.69, 9.17) is 4.74 Å². The van der Waals surface area contributed by atoms with Crippen LogP contribution in [0.3, 0.4) is 0 Å². The topological polar surface area (TPSA) is 75.6 Å². The molecule has 0 aromatic heterocycles. The molecule has 2 N–H and O–H groups in total. The van der Waals surface area contributed by atoms with Crippen LogP contribution in [0.25, 0.3) is 0 Å². The lowest BCUT2D eigenvalue weighted by atomic mass is 9.71. The predicted molar refractivity (Wildman–Crippen MR) is 71.9 cm³/mol. The summed E-state index contributed by atoms with van der Waals surface area (Å²) in [4.78, 5) is 23.0. The number of ether oxygens (including phenoxy) is 1. The molecule has 0 radical (unpaired) electrons. The minimum atomic E-state index is -0.862. The van der Waals surface area contributed by atoms with Gasteiger partial charge in [-0.1, -0.05) is 26.2 Å². The van der Waals surface area contributed by atoms with Crippen LogP contribution in [0.2, 0.25) is 0 Å². The zero-order chi connectivity index (χ0) is 14.3. The van der Waals surface area contributed by atoms with Crippen molar-refractivity contribution in [3.05, 3.63) is 0 Å². The summed E-state index contributed by atoms with van der Waals surface area (Å²) in [6, 6.07) is 0. The van der Waals surface area contributed by atoms with Gasteiger partial charge in [0, 0.05) is 6.54 Å². The fourth-order valence-corrected chi connectivity index (χ4v) is 3.01. The average Bonchev–Trinajstić information content (AvgIpc) is 2.39. The molecule has 19 heavy (non-hydrogen) atoms. The fraction of sp³-hybridized carbons (Fsp3) is 0.857. The van der Waals surface area contributed by atoms with E-state index >= 15 is 0 Å². The second kappa shape index (κ2) is 7.48. The van der Waals surface area contributed by atoms with Crippen molar-refractivity contribution in [1.82, 2.24) is 5.32 Å². The van der Waals surface area contributed by atoms with Gasteiger partial charge >= 0.3 is 11.9 Å². The highest BCUT2D eigenvalue weighted by molar-refractivity contribution is 5.79. The Morgan fingerprint density at radius 2 is 2.11 bits per heavy atom. The highest BCUT2D eigenvalue weighted by atomic mass is 16.5. The van der Waals surface area contributed by atoms with Gasteiger partial charge in [0.25, 0.3) is 0 Å². The Kier molecular flexibility index (Phi) is 6.28. The highest BCUT2D eigenvalue weighted by Gasteiger charge is 2.45. The van der Waals surface area contributed by atoms with Crippen molar-refractivity contribution in [3.8, 4) is 0 Å². The van der Waals surface area contributed by atoms with E-state index in [1.165, 1.54) is 0 Å². The lowest BCUT2D eigenvalue weighted by Crippen LogP contribution is -2.59. The molecule has 5 nitrogen and oxygen atoms in total. The van der Waals surface area contributed by atoms with Gasteiger partial charge in [0.1, 0.15) is 5.54 Å². The molecular weight excluding hydrogens is 246 g/mol. The van der Waals surface area contributed by atoms with Crippen LogP contribution in [0, 0.1) is 5.92 Å². The van der Waals surface area contributed by atoms with Gasteiger partial charge in [-0.15, -0.1) is 0 Å². The highest BCUT2D eigenvalue weighted by Crippen LogP contribution is 2.36. The van der Waals surface area contributed by atoms with E-state index < -0.39 is 11.5 Å². The molecular formula is C14H25NO4. The maximum Gasteiger partial charge on any atom is 0.324 e. The van der Waals surface area contributed by atoms with Gasteiger partial charge in [-0.05, 0) is 25.7 Å². The molecule has 2 unspecified atom stereocenters. The second-order valence-corrected chi connectivity index (χ2v) is 5.11. The standard InChI is InChI=1S/C14H25NO4/c1-3-11-7-5-6-9-14(11,13(17)18)15-10-8-12(16)19-4-2/h11,15H,3-10H2,1-2H3,(H,17,18). The largest absolute Gasteiger partial charge is 0.480 e. The molecule has 0 saturated heterocycles. The number of carboxylic acid groups (broad SMARTS) is 1. The third kappa shape index (κ3) is 3.93. The molecule has 0 bridgehead atoms. The number of rotatable bonds is 7. The summed E-state index contributed by atoms with van der Waals surface area (Å²) in [7, 11) is 0. The summed E-state index contributed by atoms with van der Waals surface area (Å²) in [5.74, 6) is -0.928. The van der Waals surface area contributed by atoms with Crippen molar-refractivity contribution in [1.29, 1.82) is 0 Å². The summed E-state index contributed by atoms with van der Waals surface area (Å²) >= 11 is 0. The van der Waals surface area contributed by atoms with Gasteiger partial charge in [0.05, 0.1) is 13.0 Å². The minimum absolute atomic E-state index is 0.140. The van der Waals surface area contributed by atoms with E-state index in [-0.39, 0.29) is 18.3 Å². The van der Waals surface area contributed by atoms with Crippen LogP contribution in [0.5, 0.6) is 0 Å². The van der Waals surface area contributed by atoms with Crippen molar-refractivity contribution in [2.75, 3.05) is 13.2 Å². The molecule has 0 heterocycles. The first kappa shape index (κ1) is 16.0.